The molecule has 9 heteroatoms. The molecule has 2 amide bonds. The van der Waals surface area contributed by atoms with Gasteiger partial charge < -0.3 is 15.0 Å². The van der Waals surface area contributed by atoms with E-state index in [2.05, 4.69) is 15.6 Å². The van der Waals surface area contributed by atoms with Crippen LogP contribution in [0.25, 0.3) is 11.0 Å². The maximum Gasteiger partial charge on any atom is 0.251 e. The lowest BCUT2D eigenvalue weighted by atomic mass is 10.0. The van der Waals surface area contributed by atoms with Crippen molar-refractivity contribution >= 4 is 28.5 Å². The molecule has 35 heavy (non-hydrogen) atoms. The van der Waals surface area contributed by atoms with Gasteiger partial charge in [0.2, 0.25) is 5.91 Å². The summed E-state index contributed by atoms with van der Waals surface area (Å²) in [6.45, 7) is -0.0481. The number of hydrogen-bond acceptors (Lipinski definition) is 5. The number of anilines is 1. The van der Waals surface area contributed by atoms with Gasteiger partial charge in [0.05, 0.1) is 12.6 Å². The third-order valence-electron chi connectivity index (χ3n) is 6.00. The molecule has 0 radical (unpaired) electrons. The van der Waals surface area contributed by atoms with Crippen LogP contribution in [-0.2, 0) is 16.1 Å². The van der Waals surface area contributed by atoms with Gasteiger partial charge in [0.1, 0.15) is 29.7 Å². The second-order valence-corrected chi connectivity index (χ2v) is 8.44. The Morgan fingerprint density at radius 3 is 2.49 bits per heavy atom. The van der Waals surface area contributed by atoms with E-state index in [0.717, 1.165) is 18.4 Å². The molecule has 4 aromatic rings. The first-order valence-corrected chi connectivity index (χ1v) is 11.3. The summed E-state index contributed by atoms with van der Waals surface area (Å²) in [6.07, 6.45) is 1.61. The smallest absolute Gasteiger partial charge is 0.251 e. The van der Waals surface area contributed by atoms with Gasteiger partial charge in [-0.05, 0) is 66.9 Å². The zero-order valence-electron chi connectivity index (χ0n) is 19.1. The minimum atomic E-state index is -0.888. The molecule has 0 aliphatic heterocycles. The minimum Gasteiger partial charge on any atom is -0.497 e. The molecule has 1 saturated carbocycles. The van der Waals surface area contributed by atoms with E-state index in [0.29, 0.717) is 22.5 Å². The fourth-order valence-electron chi connectivity index (χ4n) is 4.12. The van der Waals surface area contributed by atoms with Gasteiger partial charge in [-0.25, -0.2) is 9.07 Å². The number of rotatable bonds is 8. The van der Waals surface area contributed by atoms with E-state index in [-0.39, 0.29) is 24.4 Å². The van der Waals surface area contributed by atoms with Crippen LogP contribution in [-0.4, -0.2) is 44.9 Å². The summed E-state index contributed by atoms with van der Waals surface area (Å²) in [6, 6.07) is 19.1. The number of carbonyl (C=O) groups is 2. The molecule has 1 aliphatic rings. The molecule has 3 aromatic carbocycles. The summed E-state index contributed by atoms with van der Waals surface area (Å²) in [5.74, 6) is -0.377. The van der Waals surface area contributed by atoms with Crippen LogP contribution >= 0.6 is 0 Å². The molecule has 0 bridgehead atoms. The first-order chi connectivity index (χ1) is 17.0. The minimum absolute atomic E-state index is 0.0481. The largest absolute Gasteiger partial charge is 0.497 e. The first-order valence-electron chi connectivity index (χ1n) is 11.3. The Labute approximate surface area is 201 Å². The molecule has 5 rings (SSSR count). The molecular weight excluding hydrogens is 449 g/mol. The zero-order chi connectivity index (χ0) is 24.4. The van der Waals surface area contributed by atoms with Crippen molar-refractivity contribution in [1.29, 1.82) is 0 Å². The van der Waals surface area contributed by atoms with Crippen molar-refractivity contribution in [2.45, 2.75) is 31.5 Å². The number of para-hydroxylation sites is 1. The van der Waals surface area contributed by atoms with Gasteiger partial charge in [-0.15, -0.1) is 5.10 Å². The highest BCUT2D eigenvalue weighted by Gasteiger charge is 2.41. The number of fused-ring (bicyclic) bond motifs is 1. The van der Waals surface area contributed by atoms with Crippen molar-refractivity contribution in [3.8, 4) is 5.75 Å². The van der Waals surface area contributed by atoms with Crippen LogP contribution in [0.5, 0.6) is 5.75 Å². The lowest BCUT2D eigenvalue weighted by Crippen LogP contribution is -2.44. The zero-order valence-corrected chi connectivity index (χ0v) is 19.1. The number of halogens is 1. The highest BCUT2D eigenvalue weighted by Crippen LogP contribution is 2.36. The second kappa shape index (κ2) is 9.54. The predicted octanol–water partition coefficient (Wildman–Crippen LogP) is 3.95. The Balaban J connectivity index is 1.48. The van der Waals surface area contributed by atoms with Crippen LogP contribution in [0.4, 0.5) is 10.1 Å². The van der Waals surface area contributed by atoms with Crippen LogP contribution in [0, 0.1) is 5.82 Å². The Kier molecular flexibility index (Phi) is 6.13. The van der Waals surface area contributed by atoms with E-state index < -0.39 is 11.9 Å². The van der Waals surface area contributed by atoms with Crippen LogP contribution in [0.3, 0.4) is 0 Å². The van der Waals surface area contributed by atoms with E-state index in [1.807, 2.05) is 24.3 Å². The number of hydrogen-bond donors (Lipinski definition) is 1. The van der Waals surface area contributed by atoms with E-state index in [9.17, 15) is 14.0 Å². The van der Waals surface area contributed by atoms with Crippen molar-refractivity contribution < 1.29 is 18.7 Å². The number of benzene rings is 3. The topological polar surface area (TPSA) is 89.4 Å². The van der Waals surface area contributed by atoms with Crippen LogP contribution in [0.15, 0.2) is 72.8 Å². The van der Waals surface area contributed by atoms with Gasteiger partial charge in [0.15, 0.2) is 0 Å². The van der Waals surface area contributed by atoms with Gasteiger partial charge in [-0.1, -0.05) is 29.5 Å². The van der Waals surface area contributed by atoms with Gasteiger partial charge in [0, 0.05) is 11.7 Å². The quantitative estimate of drug-likeness (QED) is 0.419. The summed E-state index contributed by atoms with van der Waals surface area (Å²) >= 11 is 0. The highest BCUT2D eigenvalue weighted by atomic mass is 19.1. The summed E-state index contributed by atoms with van der Waals surface area (Å²) in [7, 11) is 1.57. The normalized spacial score (nSPS) is 13.9. The third-order valence-corrected chi connectivity index (χ3v) is 6.00. The summed E-state index contributed by atoms with van der Waals surface area (Å²) in [5, 5.41) is 11.1. The maximum atomic E-state index is 13.7. The summed E-state index contributed by atoms with van der Waals surface area (Å²) in [4.78, 5) is 28.9. The number of ether oxygens (including phenoxy) is 1. The predicted molar refractivity (Wildman–Crippen MR) is 128 cm³/mol. The maximum absolute atomic E-state index is 13.7. The molecule has 0 unspecified atom stereocenters. The van der Waals surface area contributed by atoms with Gasteiger partial charge in [-0.2, -0.15) is 0 Å². The van der Waals surface area contributed by atoms with E-state index >= 15 is 0 Å². The lowest BCUT2D eigenvalue weighted by molar-refractivity contribution is -0.140. The standard InChI is InChI=1S/C26H24FN5O3/c1-35-21-14-6-17(7-15-21)25(26(34)28-19-10-8-18(27)9-11-19)32(20-12-13-20)24(33)16-31-23-5-3-2-4-22(23)29-30-31/h2-11,14-15,20,25H,12-13,16H2,1H3,(H,28,34)/t25-/m1/s1. The molecule has 178 valence electrons. The van der Waals surface area contributed by atoms with Crippen molar-refractivity contribution in [2.24, 2.45) is 0 Å². The number of amides is 2. The molecule has 0 saturated heterocycles. The number of aromatic nitrogens is 3. The molecular formula is C26H24FN5O3. The van der Waals surface area contributed by atoms with Gasteiger partial charge >= 0.3 is 0 Å². The number of nitrogens with zero attached hydrogens (tertiary/aromatic N) is 4. The molecule has 0 spiro atoms. The SMILES string of the molecule is COc1ccc([C@H](C(=O)Nc2ccc(F)cc2)N(C(=O)Cn2nnc3ccccc32)C2CC2)cc1. The second-order valence-electron chi connectivity index (χ2n) is 8.44. The van der Waals surface area contributed by atoms with Crippen molar-refractivity contribution in [3.05, 3.63) is 84.2 Å². The Hall–Kier alpha value is -4.27. The number of methoxy groups -OCH3 is 1. The molecule has 1 atom stereocenters. The first kappa shape index (κ1) is 22.5. The average Bonchev–Trinajstić information content (AvgIpc) is 3.64. The fraction of sp³-hybridized carbons (Fsp3) is 0.231. The van der Waals surface area contributed by atoms with Crippen molar-refractivity contribution in [3.63, 3.8) is 0 Å². The highest BCUT2D eigenvalue weighted by molar-refractivity contribution is 5.98. The molecule has 1 fully saturated rings. The van der Waals surface area contributed by atoms with Crippen LogP contribution in [0.1, 0.15) is 24.4 Å². The van der Waals surface area contributed by atoms with Crippen LogP contribution in [0.2, 0.25) is 0 Å². The van der Waals surface area contributed by atoms with E-state index in [4.69, 9.17) is 4.74 Å². The molecule has 1 aliphatic carbocycles. The lowest BCUT2D eigenvalue weighted by Gasteiger charge is -2.31. The molecule has 1 N–H and O–H groups in total. The Morgan fingerprint density at radius 2 is 1.80 bits per heavy atom. The number of nitrogens with one attached hydrogen (secondary N) is 1. The fourth-order valence-corrected chi connectivity index (χ4v) is 4.12. The molecule has 1 aromatic heterocycles. The monoisotopic (exact) mass is 473 g/mol. The van der Waals surface area contributed by atoms with E-state index in [1.54, 1.807) is 41.0 Å². The Bertz CT molecular complexity index is 1350. The van der Waals surface area contributed by atoms with Crippen LogP contribution < -0.4 is 10.1 Å². The molecule has 8 nitrogen and oxygen atoms in total. The van der Waals surface area contributed by atoms with E-state index in [1.165, 1.54) is 24.3 Å². The Morgan fingerprint density at radius 1 is 1.09 bits per heavy atom. The summed E-state index contributed by atoms with van der Waals surface area (Å²) in [5.41, 5.74) is 2.53. The average molecular weight is 474 g/mol. The third kappa shape index (κ3) is 4.84. The molecule has 1 heterocycles. The van der Waals surface area contributed by atoms with Gasteiger partial charge in [0.25, 0.3) is 5.91 Å². The van der Waals surface area contributed by atoms with Crippen molar-refractivity contribution in [1.82, 2.24) is 19.9 Å². The van der Waals surface area contributed by atoms with Gasteiger partial charge in [-0.3, -0.25) is 9.59 Å². The van der Waals surface area contributed by atoms with Crippen molar-refractivity contribution in [2.75, 3.05) is 12.4 Å². The number of carbonyl (C=O) groups excluding carboxylic acids is 2. The summed E-state index contributed by atoms with van der Waals surface area (Å²) < 4.78 is 20.2.